The van der Waals surface area contributed by atoms with Gasteiger partial charge in [0.2, 0.25) is 0 Å². The molecule has 11 heteroatoms. The first kappa shape index (κ1) is 25.7. The van der Waals surface area contributed by atoms with Crippen LogP contribution in [-0.4, -0.2) is 41.4 Å². The first-order chi connectivity index (χ1) is 13.3. The van der Waals surface area contributed by atoms with Gasteiger partial charge in [0.1, 0.15) is 5.92 Å². The Kier molecular flexibility index (Phi) is 9.45. The minimum Gasteiger partial charge on any atom is -0.301 e. The van der Waals surface area contributed by atoms with Gasteiger partial charge in [0.15, 0.2) is 6.04 Å². The van der Waals surface area contributed by atoms with E-state index in [1.165, 1.54) is 0 Å². The van der Waals surface area contributed by atoms with E-state index in [9.17, 15) is 30.6 Å². The van der Waals surface area contributed by atoms with Gasteiger partial charge in [0.05, 0.1) is 23.0 Å². The molecule has 0 saturated heterocycles. The Hall–Kier alpha value is -1.30. The van der Waals surface area contributed by atoms with Gasteiger partial charge in [-0.25, -0.2) is 4.21 Å². The molecule has 29 heavy (non-hydrogen) atoms. The molecular weight excluding hydrogens is 424 g/mol. The minimum absolute atomic E-state index is 0.000570. The second-order valence-corrected chi connectivity index (χ2v) is 8.57. The Morgan fingerprint density at radius 2 is 1.69 bits per heavy atom. The zero-order valence-electron chi connectivity index (χ0n) is 16.1. The van der Waals surface area contributed by atoms with Crippen LogP contribution in [0, 0.1) is 0 Å². The third-order valence-electron chi connectivity index (χ3n) is 3.84. The van der Waals surface area contributed by atoms with Crippen molar-refractivity contribution < 1.29 is 39.6 Å². The van der Waals surface area contributed by atoms with Crippen LogP contribution in [0.15, 0.2) is 24.3 Å². The number of hydrogen-bond donors (Lipinski definition) is 1. The maximum absolute atomic E-state index is 13.5. The highest BCUT2D eigenvalue weighted by molar-refractivity contribution is 7.95. The average Bonchev–Trinajstić information content (AvgIpc) is 2.56. The Morgan fingerprint density at radius 1 is 1.07 bits per heavy atom. The molecule has 1 aromatic carbocycles. The van der Waals surface area contributed by atoms with E-state index in [0.717, 1.165) is 24.3 Å². The Morgan fingerprint density at radius 3 is 2.21 bits per heavy atom. The molecule has 0 aliphatic rings. The van der Waals surface area contributed by atoms with Gasteiger partial charge in [-0.2, -0.15) is 31.8 Å². The van der Waals surface area contributed by atoms with Crippen LogP contribution < -0.4 is 5.48 Å². The van der Waals surface area contributed by atoms with Gasteiger partial charge in [-0.05, 0) is 29.8 Å². The van der Waals surface area contributed by atoms with Crippen molar-refractivity contribution in [2.75, 3.05) is 19.0 Å². The number of benzene rings is 1. The normalized spacial score (nSPS) is 17.0. The number of rotatable bonds is 11. The number of hydrogen-bond acceptors (Lipinski definition) is 4. The number of alkyl halides is 6. The van der Waals surface area contributed by atoms with Crippen LogP contribution in [0.3, 0.4) is 0 Å². The van der Waals surface area contributed by atoms with Crippen molar-refractivity contribution in [3.8, 4) is 0 Å². The second kappa shape index (κ2) is 10.6. The van der Waals surface area contributed by atoms with Gasteiger partial charge in [0, 0.05) is 5.75 Å². The Bertz CT molecular complexity index is 734. The molecule has 0 aromatic heterocycles. The van der Waals surface area contributed by atoms with Gasteiger partial charge < -0.3 is 4.84 Å². The molecule has 0 fully saturated rings. The number of nitrogens with one attached hydrogen (secondary N) is 1. The van der Waals surface area contributed by atoms with Crippen LogP contribution in [-0.2, 0) is 18.8 Å². The lowest BCUT2D eigenvalue weighted by atomic mass is 9.95. The molecule has 0 amide bonds. The summed E-state index contributed by atoms with van der Waals surface area (Å²) in [6.07, 6.45) is -8.77. The van der Waals surface area contributed by atoms with E-state index < -0.39 is 51.8 Å². The van der Waals surface area contributed by atoms with E-state index in [2.05, 4.69) is 5.87 Å². The summed E-state index contributed by atoms with van der Waals surface area (Å²) in [5.41, 5.74) is 0.984. The highest BCUT2D eigenvalue weighted by atomic mass is 32.2. The third-order valence-corrected chi connectivity index (χ3v) is 5.44. The molecular formula is C18H25F6NO3S. The number of hydroxylamine groups is 1. The Labute approximate surface area is 166 Å². The lowest BCUT2D eigenvalue weighted by molar-refractivity contribution is -0.187. The molecule has 1 N–H and O–H groups in total. The molecule has 0 aliphatic carbocycles. The van der Waals surface area contributed by atoms with Crippen molar-refractivity contribution in [1.82, 2.24) is 5.48 Å². The molecule has 0 bridgehead atoms. The average molecular weight is 449 g/mol. The summed E-state index contributed by atoms with van der Waals surface area (Å²) in [6, 6.07) is 1.70. The van der Waals surface area contributed by atoms with Crippen molar-refractivity contribution >= 4 is 15.7 Å². The minimum atomic E-state index is -4.82. The lowest BCUT2D eigenvalue weighted by Gasteiger charge is -2.25. The van der Waals surface area contributed by atoms with E-state index in [-0.39, 0.29) is 12.4 Å². The third kappa shape index (κ3) is 8.53. The van der Waals surface area contributed by atoms with Gasteiger partial charge in [-0.15, -0.1) is 0 Å². The van der Waals surface area contributed by atoms with Crippen molar-refractivity contribution in [2.24, 2.45) is 0 Å². The molecule has 0 saturated carbocycles. The first-order valence-electron chi connectivity index (χ1n) is 8.91. The molecule has 168 valence electrons. The predicted molar refractivity (Wildman–Crippen MR) is 99.8 cm³/mol. The standard InChI is InChI=1S/C18H25F6NO3S/c1-4-9-27-25-16(18(22,23)24)14-8-6-7-13(11-14)15(17(19,20)21)12-28-29(3,26)10-5-2/h6-8,11,15-16,25H,3-5,9-10,12H2,1-2H3. The monoisotopic (exact) mass is 449 g/mol. The summed E-state index contributed by atoms with van der Waals surface area (Å²) < 4.78 is 97.6. The second-order valence-electron chi connectivity index (χ2n) is 6.44. The molecule has 3 atom stereocenters. The fourth-order valence-corrected chi connectivity index (χ4v) is 3.59. The fraction of sp³-hybridized carbons (Fsp3) is 0.611. The summed E-state index contributed by atoms with van der Waals surface area (Å²) in [7, 11) is -3.17. The van der Waals surface area contributed by atoms with Crippen LogP contribution in [0.25, 0.3) is 0 Å². The molecule has 0 spiro atoms. The van der Waals surface area contributed by atoms with Crippen molar-refractivity contribution in [2.45, 2.75) is 51.0 Å². The van der Waals surface area contributed by atoms with E-state index in [4.69, 9.17) is 9.02 Å². The van der Waals surface area contributed by atoms with Crippen LogP contribution in [0.4, 0.5) is 26.3 Å². The van der Waals surface area contributed by atoms with Crippen molar-refractivity contribution in [1.29, 1.82) is 0 Å². The number of halogens is 6. The van der Waals surface area contributed by atoms with Crippen molar-refractivity contribution in [3.05, 3.63) is 35.4 Å². The van der Waals surface area contributed by atoms with Crippen LogP contribution in [0.2, 0.25) is 0 Å². The highest BCUT2D eigenvalue weighted by Gasteiger charge is 2.44. The van der Waals surface area contributed by atoms with Gasteiger partial charge in [0.25, 0.3) is 0 Å². The zero-order chi connectivity index (χ0) is 22.3. The quantitative estimate of drug-likeness (QED) is 0.225. The fourth-order valence-electron chi connectivity index (χ4n) is 2.47. The largest absolute Gasteiger partial charge is 0.410 e. The molecule has 0 heterocycles. The molecule has 1 aromatic rings. The van der Waals surface area contributed by atoms with Crippen molar-refractivity contribution in [3.63, 3.8) is 0 Å². The molecule has 4 nitrogen and oxygen atoms in total. The summed E-state index contributed by atoms with van der Waals surface area (Å²) in [4.78, 5) is 4.75. The highest BCUT2D eigenvalue weighted by Crippen LogP contribution is 2.38. The molecule has 3 unspecified atom stereocenters. The molecule has 0 radical (unpaired) electrons. The van der Waals surface area contributed by atoms with E-state index in [1.54, 1.807) is 13.8 Å². The summed E-state index contributed by atoms with van der Waals surface area (Å²) in [5.74, 6) is 1.01. The maximum atomic E-state index is 13.5. The van der Waals surface area contributed by atoms with Crippen LogP contribution >= 0.6 is 0 Å². The summed E-state index contributed by atoms with van der Waals surface area (Å²) in [6.45, 7) is 2.36. The van der Waals surface area contributed by atoms with Crippen LogP contribution in [0.1, 0.15) is 49.8 Å². The lowest BCUT2D eigenvalue weighted by Crippen LogP contribution is -2.35. The summed E-state index contributed by atoms with van der Waals surface area (Å²) in [5, 5.41) is 0. The SMILES string of the molecule is C=S(=O)(CCC)OCC(c1cccc(C(NOCCC)C(F)(F)F)c1)C(F)(F)F. The Balaban J connectivity index is 3.19. The first-order valence-corrected chi connectivity index (χ1v) is 10.7. The molecule has 0 aliphatic heterocycles. The zero-order valence-corrected chi connectivity index (χ0v) is 16.9. The van der Waals surface area contributed by atoms with E-state index in [1.807, 2.05) is 5.48 Å². The molecule has 1 rings (SSSR count). The summed E-state index contributed by atoms with van der Waals surface area (Å²) >= 11 is 0. The topological polar surface area (TPSA) is 47.6 Å². The smallest absolute Gasteiger partial charge is 0.301 e. The van der Waals surface area contributed by atoms with Gasteiger partial charge in [-0.3, -0.25) is 4.18 Å². The van der Waals surface area contributed by atoms with Gasteiger partial charge >= 0.3 is 12.4 Å². The van der Waals surface area contributed by atoms with Crippen LogP contribution in [0.5, 0.6) is 0 Å². The van der Waals surface area contributed by atoms with E-state index >= 15 is 0 Å². The predicted octanol–water partition coefficient (Wildman–Crippen LogP) is 4.93. The van der Waals surface area contributed by atoms with E-state index in [0.29, 0.717) is 12.8 Å². The maximum Gasteiger partial charge on any atom is 0.410 e. The van der Waals surface area contributed by atoms with Gasteiger partial charge in [-0.1, -0.05) is 38.1 Å².